The monoisotopic (exact) mass is 1040 g/mol. The number of phosphoric acid groups is 1. The van der Waals surface area contributed by atoms with Crippen molar-refractivity contribution in [3.8, 4) is 11.1 Å². The highest BCUT2D eigenvalue weighted by molar-refractivity contribution is 7.45. The van der Waals surface area contributed by atoms with Crippen LogP contribution in [0.25, 0.3) is 21.9 Å². The molecule has 74 heavy (non-hydrogen) atoms. The van der Waals surface area contributed by atoms with Crippen molar-refractivity contribution in [2.45, 2.75) is 147 Å². The van der Waals surface area contributed by atoms with Crippen LogP contribution >= 0.6 is 7.82 Å². The van der Waals surface area contributed by atoms with E-state index >= 15 is 0 Å². The maximum absolute atomic E-state index is 12.8. The van der Waals surface area contributed by atoms with E-state index in [0.29, 0.717) is 50.0 Å². The fourth-order valence-corrected chi connectivity index (χ4v) is 9.91. The summed E-state index contributed by atoms with van der Waals surface area (Å²) in [5.74, 6) is -0.855. The van der Waals surface area contributed by atoms with Crippen LogP contribution in [-0.2, 0) is 48.6 Å². The molecule has 0 saturated heterocycles. The molecule has 5 rings (SSSR count). The van der Waals surface area contributed by atoms with Gasteiger partial charge in [-0.2, -0.15) is 0 Å². The topological polar surface area (TPSA) is 179 Å². The lowest BCUT2D eigenvalue weighted by Gasteiger charge is -2.28. The minimum Gasteiger partial charge on any atom is -0.756 e. The highest BCUT2D eigenvalue weighted by Crippen LogP contribution is 2.44. The van der Waals surface area contributed by atoms with E-state index in [1.807, 2.05) is 63.6 Å². The normalized spacial score (nSPS) is 13.4. The van der Waals surface area contributed by atoms with Gasteiger partial charge in [-0.05, 0) is 64.3 Å². The maximum Gasteiger partial charge on any atom is 0.407 e. The van der Waals surface area contributed by atoms with Crippen LogP contribution in [0, 0.1) is 0 Å². The number of alkyl carbamates (subject to hydrolysis) is 1. The third-order valence-electron chi connectivity index (χ3n) is 13.4. The highest BCUT2D eigenvalue weighted by atomic mass is 31.2. The minimum absolute atomic E-state index is 0.0405. The van der Waals surface area contributed by atoms with Crippen LogP contribution in [0.1, 0.15) is 151 Å². The summed E-state index contributed by atoms with van der Waals surface area (Å²) in [5.41, 5.74) is 5.81. The Morgan fingerprint density at radius 2 is 1.09 bits per heavy atom. The number of esters is 2. The Labute approximate surface area is 440 Å². The summed E-state index contributed by atoms with van der Waals surface area (Å²) in [6, 6.07) is 30.9. The summed E-state index contributed by atoms with van der Waals surface area (Å²) in [7, 11) is 1.05. The summed E-state index contributed by atoms with van der Waals surface area (Å²) in [6.45, 7) is 1.10. The number of amides is 2. The van der Waals surface area contributed by atoms with E-state index in [2.05, 4.69) is 59.2 Å². The third kappa shape index (κ3) is 23.6. The van der Waals surface area contributed by atoms with Crippen molar-refractivity contribution in [3.05, 3.63) is 108 Å². The lowest BCUT2D eigenvalue weighted by Crippen LogP contribution is -2.37. The van der Waals surface area contributed by atoms with E-state index in [0.717, 1.165) is 114 Å². The van der Waals surface area contributed by atoms with E-state index in [9.17, 15) is 28.6 Å². The summed E-state index contributed by atoms with van der Waals surface area (Å²) >= 11 is 0. The number of likely N-dealkylation sites (N-methyl/N-ethyl adjacent to an activating group) is 1. The van der Waals surface area contributed by atoms with Gasteiger partial charge in [0.2, 0.25) is 5.91 Å². The zero-order chi connectivity index (χ0) is 52.9. The number of rotatable bonds is 38. The molecule has 1 unspecified atom stereocenters. The first-order valence-electron chi connectivity index (χ1n) is 27.4. The number of ether oxygens (including phenoxy) is 3. The van der Waals surface area contributed by atoms with Crippen molar-refractivity contribution in [2.75, 3.05) is 67.2 Å². The number of nitrogens with one attached hydrogen (secondary N) is 2. The molecule has 15 heteroatoms. The van der Waals surface area contributed by atoms with Gasteiger partial charge < -0.3 is 43.3 Å². The number of fused-ring (bicyclic) bond motifs is 4. The molecule has 0 radical (unpaired) electrons. The van der Waals surface area contributed by atoms with Gasteiger partial charge in [0.1, 0.15) is 26.4 Å². The van der Waals surface area contributed by atoms with E-state index in [1.165, 1.54) is 27.6 Å². The van der Waals surface area contributed by atoms with Gasteiger partial charge in [-0.15, -0.1) is 0 Å². The molecular weight excluding hydrogens is 958 g/mol. The second-order valence-corrected chi connectivity index (χ2v) is 22.1. The number of carbonyl (C=O) groups excluding carboxylic acids is 4. The van der Waals surface area contributed by atoms with Gasteiger partial charge in [-0.1, -0.05) is 181 Å². The Morgan fingerprint density at radius 1 is 0.581 bits per heavy atom. The Morgan fingerprint density at radius 3 is 1.69 bits per heavy atom. The summed E-state index contributed by atoms with van der Waals surface area (Å²) in [4.78, 5) is 62.9. The van der Waals surface area contributed by atoms with Gasteiger partial charge in [-0.3, -0.25) is 18.9 Å². The average Bonchev–Trinajstić information content (AvgIpc) is 3.70. The molecule has 14 nitrogen and oxygen atoms in total. The first-order valence-corrected chi connectivity index (χ1v) is 28.8. The van der Waals surface area contributed by atoms with Gasteiger partial charge in [0, 0.05) is 31.8 Å². The van der Waals surface area contributed by atoms with Crippen LogP contribution in [0.3, 0.4) is 0 Å². The molecule has 0 aromatic heterocycles. The molecule has 4 aromatic rings. The highest BCUT2D eigenvalue weighted by Gasteiger charge is 2.29. The Kier molecular flexibility index (Phi) is 26.7. The first-order chi connectivity index (χ1) is 35.8. The van der Waals surface area contributed by atoms with Crippen LogP contribution in [-0.4, -0.2) is 102 Å². The summed E-state index contributed by atoms with van der Waals surface area (Å²) < 4.78 is 39.7. The van der Waals surface area contributed by atoms with Gasteiger partial charge in [0.05, 0.1) is 34.2 Å². The quantitative estimate of drug-likeness (QED) is 0.0143. The summed E-state index contributed by atoms with van der Waals surface area (Å²) in [6.07, 6.45) is 16.9. The molecule has 0 bridgehead atoms. The zero-order valence-corrected chi connectivity index (χ0v) is 45.4. The molecule has 2 N–H and O–H groups in total. The van der Waals surface area contributed by atoms with E-state index in [1.54, 1.807) is 0 Å². The number of carbonyl (C=O) groups is 4. The SMILES string of the molecule is C[N+](C)(C)CCOP(=O)([O-])OC[C@H](COC(=O)CCCCCCCCCCCNC(=O)Cc1ccc2ccccc2c1)OC(=O)CCCCCCCCCCCNC(=O)OCC1c2ccccc2-c2ccccc21. The van der Waals surface area contributed by atoms with Crippen LogP contribution in [0.5, 0.6) is 0 Å². The molecule has 2 amide bonds. The molecule has 4 aromatic carbocycles. The first kappa shape index (κ1) is 59.8. The van der Waals surface area contributed by atoms with Gasteiger partial charge in [0.15, 0.2) is 6.10 Å². The average molecular weight is 1040 g/mol. The standard InChI is InChI=1S/C59H84N3O11P/c1-62(2,3)40-41-71-74(67,68)72-45-50(44-69-57(64)34-18-14-10-6-4-8-12-16-26-38-60-56(63)43-47-36-37-48-28-20-21-29-49(48)42-47)73-58(65)35-19-15-11-7-5-9-13-17-27-39-61-59(66)70-46-55-53-32-24-22-30-51(53)52-31-23-25-33-54(52)55/h20-25,28-33,36-37,42,50,55H,4-19,26-27,34-35,38-41,43-46H2,1-3H3,(H2-,60,61,63,66,67,68)/t50-/m0/s1. The number of hydrogen-bond donors (Lipinski definition) is 2. The van der Waals surface area contributed by atoms with E-state index < -0.39 is 32.5 Å². The largest absolute Gasteiger partial charge is 0.756 e. The molecule has 2 atom stereocenters. The van der Waals surface area contributed by atoms with Crippen molar-refractivity contribution >= 4 is 42.5 Å². The molecule has 0 saturated carbocycles. The van der Waals surface area contributed by atoms with E-state index in [-0.39, 0.29) is 44.0 Å². The van der Waals surface area contributed by atoms with Crippen LogP contribution < -0.4 is 15.5 Å². The second kappa shape index (κ2) is 33.0. The van der Waals surface area contributed by atoms with Gasteiger partial charge in [0.25, 0.3) is 7.82 Å². The molecule has 1 aliphatic carbocycles. The van der Waals surface area contributed by atoms with Crippen molar-refractivity contribution in [3.63, 3.8) is 0 Å². The van der Waals surface area contributed by atoms with Crippen LogP contribution in [0.15, 0.2) is 91.0 Å². The zero-order valence-electron chi connectivity index (χ0n) is 44.5. The van der Waals surface area contributed by atoms with Crippen LogP contribution in [0.2, 0.25) is 0 Å². The fraction of sp³-hybridized carbons (Fsp3) is 0.559. The predicted molar refractivity (Wildman–Crippen MR) is 289 cm³/mol. The molecule has 0 heterocycles. The van der Waals surface area contributed by atoms with Crippen molar-refractivity contribution < 1.29 is 56.4 Å². The molecular formula is C59H84N3O11P. The molecule has 0 aliphatic heterocycles. The molecule has 0 spiro atoms. The number of benzene rings is 4. The number of quaternary nitrogens is 1. The Hall–Kier alpha value is -5.11. The number of phosphoric ester groups is 1. The smallest absolute Gasteiger partial charge is 0.407 e. The third-order valence-corrected chi connectivity index (χ3v) is 14.4. The molecule has 406 valence electrons. The van der Waals surface area contributed by atoms with Gasteiger partial charge in [-0.25, -0.2) is 4.79 Å². The van der Waals surface area contributed by atoms with Crippen molar-refractivity contribution in [1.29, 1.82) is 0 Å². The Balaban J connectivity index is 0.852. The Bertz CT molecular complexity index is 2330. The number of unbranched alkanes of at least 4 members (excludes halogenated alkanes) is 16. The summed E-state index contributed by atoms with van der Waals surface area (Å²) in [5, 5.41) is 8.26. The van der Waals surface area contributed by atoms with Crippen molar-refractivity contribution in [2.24, 2.45) is 0 Å². The number of hydrogen-bond acceptors (Lipinski definition) is 11. The fourth-order valence-electron chi connectivity index (χ4n) is 9.19. The van der Waals surface area contributed by atoms with Gasteiger partial charge >= 0.3 is 18.0 Å². The molecule has 0 fully saturated rings. The minimum atomic E-state index is -4.69. The second-order valence-electron chi connectivity index (χ2n) is 20.7. The lowest BCUT2D eigenvalue weighted by molar-refractivity contribution is -0.870. The predicted octanol–water partition coefficient (Wildman–Crippen LogP) is 11.5. The maximum atomic E-state index is 12.8. The number of nitrogens with zero attached hydrogens (tertiary/aromatic N) is 1. The molecule has 1 aliphatic rings. The van der Waals surface area contributed by atoms with E-state index in [4.69, 9.17) is 23.3 Å². The van der Waals surface area contributed by atoms with Crippen molar-refractivity contribution in [1.82, 2.24) is 10.6 Å². The lowest BCUT2D eigenvalue weighted by atomic mass is 9.98. The van der Waals surface area contributed by atoms with Crippen LogP contribution in [0.4, 0.5) is 4.79 Å².